The van der Waals surface area contributed by atoms with Crippen LogP contribution in [-0.2, 0) is 16.1 Å². The van der Waals surface area contributed by atoms with Crippen LogP contribution in [0.2, 0.25) is 0 Å². The van der Waals surface area contributed by atoms with Gasteiger partial charge in [0.05, 0.1) is 16.8 Å². The van der Waals surface area contributed by atoms with E-state index in [-0.39, 0.29) is 29.0 Å². The Morgan fingerprint density at radius 1 is 1.00 bits per heavy atom. The maximum Gasteiger partial charge on any atom is 0.264 e. The highest BCUT2D eigenvalue weighted by Crippen LogP contribution is 2.33. The first kappa shape index (κ1) is 22.1. The molecule has 7 nitrogen and oxygen atoms in total. The molecule has 0 atom stereocenters. The molecular weight excluding hydrogens is 428 g/mol. The number of hydrogen-bond donors (Lipinski definition) is 2. The smallest absolute Gasteiger partial charge is 0.264 e. The van der Waals surface area contributed by atoms with Crippen molar-refractivity contribution in [3.8, 4) is 11.3 Å². The molecule has 0 bridgehead atoms. The minimum Gasteiger partial charge on any atom is -0.326 e. The van der Waals surface area contributed by atoms with E-state index in [9.17, 15) is 18.4 Å². The summed E-state index contributed by atoms with van der Waals surface area (Å²) in [6.45, 7) is 2.82. The average molecular weight is 449 g/mol. The fourth-order valence-electron chi connectivity index (χ4n) is 3.60. The topological polar surface area (TPSA) is 88.9 Å². The summed E-state index contributed by atoms with van der Waals surface area (Å²) in [4.78, 5) is 28.3. The summed E-state index contributed by atoms with van der Waals surface area (Å²) in [5, 5.41) is 9.94. The number of carbonyl (C=O) groups is 2. The Kier molecular flexibility index (Phi) is 6.12. The van der Waals surface area contributed by atoms with Gasteiger partial charge in [-0.25, -0.2) is 18.4 Å². The summed E-state index contributed by atoms with van der Waals surface area (Å²) in [6.07, 6.45) is -2.72. The number of rotatable bonds is 6. The number of anilines is 2. The standard InChI is InChI=1S/C24H21F2N5O2/c1-14-22-19(23(25)26)12-20(16-6-4-3-5-7-16)29-24(22)31(30-14)13-21(33)28-18-10-8-17(9-11-18)27-15(2)32/h3-12,23H,13H2,1-2H3,(H,27,32)(H,28,33). The molecule has 2 N–H and O–H groups in total. The van der Waals surface area contributed by atoms with Gasteiger partial charge in [-0.05, 0) is 37.3 Å². The van der Waals surface area contributed by atoms with Crippen molar-refractivity contribution in [2.75, 3.05) is 10.6 Å². The Hall–Kier alpha value is -4.14. The van der Waals surface area contributed by atoms with E-state index in [0.717, 1.165) is 0 Å². The van der Waals surface area contributed by atoms with E-state index in [1.807, 2.05) is 6.07 Å². The van der Waals surface area contributed by atoms with Crippen LogP contribution < -0.4 is 10.6 Å². The van der Waals surface area contributed by atoms with Crippen LogP contribution in [0.25, 0.3) is 22.3 Å². The number of fused-ring (bicyclic) bond motifs is 1. The van der Waals surface area contributed by atoms with Gasteiger partial charge >= 0.3 is 0 Å². The molecule has 168 valence electrons. The molecule has 2 heterocycles. The van der Waals surface area contributed by atoms with Crippen molar-refractivity contribution >= 4 is 34.2 Å². The molecular formula is C24H21F2N5O2. The van der Waals surface area contributed by atoms with Gasteiger partial charge in [0.15, 0.2) is 5.65 Å². The highest BCUT2D eigenvalue weighted by atomic mass is 19.3. The molecule has 0 aliphatic rings. The maximum absolute atomic E-state index is 13.9. The summed E-state index contributed by atoms with van der Waals surface area (Å²) in [6, 6.07) is 17.0. The van der Waals surface area contributed by atoms with Crippen LogP contribution in [0.4, 0.5) is 20.2 Å². The van der Waals surface area contributed by atoms with Crippen LogP contribution in [0.1, 0.15) is 24.6 Å². The van der Waals surface area contributed by atoms with E-state index in [1.54, 1.807) is 55.5 Å². The zero-order valence-corrected chi connectivity index (χ0v) is 18.0. The number of amides is 2. The number of aryl methyl sites for hydroxylation is 1. The van der Waals surface area contributed by atoms with Gasteiger partial charge in [0.25, 0.3) is 6.43 Å². The molecule has 2 aromatic carbocycles. The molecule has 4 aromatic rings. The third-order valence-corrected chi connectivity index (χ3v) is 4.99. The van der Waals surface area contributed by atoms with Gasteiger partial charge in [0, 0.05) is 29.4 Å². The summed E-state index contributed by atoms with van der Waals surface area (Å²) < 4.78 is 29.1. The quantitative estimate of drug-likeness (QED) is 0.436. The van der Waals surface area contributed by atoms with Gasteiger partial charge in [0.1, 0.15) is 6.54 Å². The third kappa shape index (κ3) is 4.87. The van der Waals surface area contributed by atoms with Crippen LogP contribution in [0, 0.1) is 6.92 Å². The lowest BCUT2D eigenvalue weighted by Crippen LogP contribution is -2.20. The van der Waals surface area contributed by atoms with E-state index < -0.39 is 12.3 Å². The van der Waals surface area contributed by atoms with E-state index in [0.29, 0.717) is 28.3 Å². The number of pyridine rings is 1. The fraction of sp³-hybridized carbons (Fsp3) is 0.167. The Labute approximate surface area is 188 Å². The van der Waals surface area contributed by atoms with E-state index in [1.165, 1.54) is 17.7 Å². The number of hydrogen-bond acceptors (Lipinski definition) is 4. The number of nitrogens with one attached hydrogen (secondary N) is 2. The van der Waals surface area contributed by atoms with Crippen molar-refractivity contribution in [2.45, 2.75) is 26.8 Å². The minimum atomic E-state index is -2.72. The van der Waals surface area contributed by atoms with Crippen molar-refractivity contribution in [3.63, 3.8) is 0 Å². The molecule has 4 rings (SSSR count). The Morgan fingerprint density at radius 3 is 2.24 bits per heavy atom. The molecule has 9 heteroatoms. The third-order valence-electron chi connectivity index (χ3n) is 4.99. The molecule has 33 heavy (non-hydrogen) atoms. The van der Waals surface area contributed by atoms with Crippen molar-refractivity contribution in [1.82, 2.24) is 14.8 Å². The zero-order valence-electron chi connectivity index (χ0n) is 18.0. The Bertz CT molecular complexity index is 1320. The first-order valence-electron chi connectivity index (χ1n) is 10.2. The molecule has 0 saturated heterocycles. The average Bonchev–Trinajstić information content (AvgIpc) is 3.09. The molecule has 0 aliphatic carbocycles. The highest BCUT2D eigenvalue weighted by Gasteiger charge is 2.22. The van der Waals surface area contributed by atoms with Crippen molar-refractivity contribution in [3.05, 3.63) is 71.9 Å². The van der Waals surface area contributed by atoms with Crippen LogP contribution in [0.15, 0.2) is 60.7 Å². The minimum absolute atomic E-state index is 0.170. The van der Waals surface area contributed by atoms with Crippen molar-refractivity contribution in [2.24, 2.45) is 0 Å². The lowest BCUT2D eigenvalue weighted by atomic mass is 10.1. The summed E-state index contributed by atoms with van der Waals surface area (Å²) in [7, 11) is 0. The number of carbonyl (C=O) groups excluding carboxylic acids is 2. The summed E-state index contributed by atoms with van der Waals surface area (Å²) >= 11 is 0. The SMILES string of the molecule is CC(=O)Nc1ccc(NC(=O)Cn2nc(C)c3c(C(F)F)cc(-c4ccccc4)nc32)cc1. The lowest BCUT2D eigenvalue weighted by Gasteiger charge is -2.10. The van der Waals surface area contributed by atoms with Crippen LogP contribution in [-0.4, -0.2) is 26.6 Å². The normalized spacial score (nSPS) is 11.1. The molecule has 0 unspecified atom stereocenters. The van der Waals surface area contributed by atoms with E-state index in [4.69, 9.17) is 0 Å². The molecule has 0 spiro atoms. The van der Waals surface area contributed by atoms with Gasteiger partial charge in [-0.2, -0.15) is 5.10 Å². The number of nitrogens with zero attached hydrogens (tertiary/aromatic N) is 3. The second kappa shape index (κ2) is 9.15. The second-order valence-corrected chi connectivity index (χ2v) is 7.51. The fourth-order valence-corrected chi connectivity index (χ4v) is 3.60. The Balaban J connectivity index is 1.64. The maximum atomic E-state index is 13.9. The zero-order chi connectivity index (χ0) is 23.5. The van der Waals surface area contributed by atoms with Gasteiger partial charge in [-0.15, -0.1) is 0 Å². The predicted molar refractivity (Wildman–Crippen MR) is 122 cm³/mol. The predicted octanol–water partition coefficient (Wildman–Crippen LogP) is 4.94. The second-order valence-electron chi connectivity index (χ2n) is 7.51. The first-order valence-corrected chi connectivity index (χ1v) is 10.2. The van der Waals surface area contributed by atoms with Gasteiger partial charge < -0.3 is 10.6 Å². The van der Waals surface area contributed by atoms with E-state index >= 15 is 0 Å². The van der Waals surface area contributed by atoms with Crippen LogP contribution in [0.3, 0.4) is 0 Å². The largest absolute Gasteiger partial charge is 0.326 e. The number of benzene rings is 2. The molecule has 0 aliphatic heterocycles. The van der Waals surface area contributed by atoms with Gasteiger partial charge in [0.2, 0.25) is 11.8 Å². The van der Waals surface area contributed by atoms with Gasteiger partial charge in [-0.3, -0.25) is 9.59 Å². The monoisotopic (exact) mass is 449 g/mol. The van der Waals surface area contributed by atoms with Crippen molar-refractivity contribution < 1.29 is 18.4 Å². The summed E-state index contributed by atoms with van der Waals surface area (Å²) in [5.74, 6) is -0.588. The molecule has 0 fully saturated rings. The molecule has 0 saturated carbocycles. The summed E-state index contributed by atoms with van der Waals surface area (Å²) in [5.41, 5.74) is 2.63. The Morgan fingerprint density at radius 2 is 1.64 bits per heavy atom. The van der Waals surface area contributed by atoms with Crippen molar-refractivity contribution in [1.29, 1.82) is 0 Å². The van der Waals surface area contributed by atoms with E-state index in [2.05, 4.69) is 20.7 Å². The number of alkyl halides is 2. The molecule has 2 amide bonds. The number of halogens is 2. The van der Waals surface area contributed by atoms with Crippen LogP contribution in [0.5, 0.6) is 0 Å². The molecule has 0 radical (unpaired) electrons. The molecule has 2 aromatic heterocycles. The van der Waals surface area contributed by atoms with Gasteiger partial charge in [-0.1, -0.05) is 30.3 Å². The first-order chi connectivity index (χ1) is 15.8. The highest BCUT2D eigenvalue weighted by molar-refractivity contribution is 5.93. The van der Waals surface area contributed by atoms with Crippen LogP contribution >= 0.6 is 0 Å². The lowest BCUT2D eigenvalue weighted by molar-refractivity contribution is -0.117. The number of aromatic nitrogens is 3.